The van der Waals surface area contributed by atoms with Crippen molar-refractivity contribution < 1.29 is 9.53 Å². The van der Waals surface area contributed by atoms with Gasteiger partial charge in [-0.25, -0.2) is 0 Å². The lowest BCUT2D eigenvalue weighted by molar-refractivity contribution is -0.113. The average Bonchev–Trinajstić information content (AvgIpc) is 3.01. The fraction of sp³-hybridized carbons (Fsp3) is 0.0435. The Morgan fingerprint density at radius 2 is 1.87 bits per heavy atom. The van der Waals surface area contributed by atoms with Gasteiger partial charge >= 0.3 is 0 Å². The summed E-state index contributed by atoms with van der Waals surface area (Å²) in [5.41, 5.74) is 2.52. The maximum absolute atomic E-state index is 13.1. The number of carbonyl (C=O) groups is 1. The lowest BCUT2D eigenvalue weighted by Gasteiger charge is -2.14. The number of carbonyl (C=O) groups excluding carboxylic acids is 1. The zero-order valence-electron chi connectivity index (χ0n) is 15.5. The second-order valence-electron chi connectivity index (χ2n) is 6.45. The fourth-order valence-electron chi connectivity index (χ4n) is 2.95. The number of thiocarbonyl (C=S) groups is 1. The summed E-state index contributed by atoms with van der Waals surface area (Å²) in [5.74, 6) is 0.510. The first-order valence-electron chi connectivity index (χ1n) is 9.01. The second-order valence-corrected chi connectivity index (χ2v) is 9.48. The van der Waals surface area contributed by atoms with Crippen LogP contribution in [0.25, 0.3) is 6.08 Å². The van der Waals surface area contributed by atoms with Gasteiger partial charge in [0.2, 0.25) is 0 Å². The van der Waals surface area contributed by atoms with Crippen molar-refractivity contribution in [2.45, 2.75) is 6.61 Å². The van der Waals surface area contributed by atoms with Gasteiger partial charge in [-0.15, -0.1) is 0 Å². The number of thioether (sulfide) groups is 1. The molecule has 1 saturated heterocycles. The van der Waals surface area contributed by atoms with E-state index in [1.807, 2.05) is 60.7 Å². The Hall–Kier alpha value is -2.12. The minimum Gasteiger partial charge on any atom is -0.488 e. The van der Waals surface area contributed by atoms with Crippen LogP contribution < -0.4 is 9.64 Å². The molecule has 3 nitrogen and oxygen atoms in total. The van der Waals surface area contributed by atoms with E-state index in [1.165, 1.54) is 16.7 Å². The van der Waals surface area contributed by atoms with E-state index >= 15 is 0 Å². The first-order valence-corrected chi connectivity index (χ1v) is 11.4. The van der Waals surface area contributed by atoms with Gasteiger partial charge in [-0.05, 0) is 48.0 Å². The third-order valence-corrected chi connectivity index (χ3v) is 6.39. The quantitative estimate of drug-likeness (QED) is 0.267. The standard InChI is InChI=1S/C23H15BrClNO2S2/c24-17-9-10-20(28-14-15-5-2-1-3-6-15)16(11-17)12-21-22(27)26(23(29)30-21)19-8-4-7-18(25)13-19/h1-13H,14H2/b21-12+. The zero-order chi connectivity index (χ0) is 21.1. The minimum atomic E-state index is -0.179. The van der Waals surface area contributed by atoms with Gasteiger partial charge < -0.3 is 4.74 Å². The van der Waals surface area contributed by atoms with Crippen molar-refractivity contribution in [1.82, 2.24) is 0 Å². The summed E-state index contributed by atoms with van der Waals surface area (Å²) >= 11 is 16.3. The predicted octanol–water partition coefficient (Wildman–Crippen LogP) is 7.09. The summed E-state index contributed by atoms with van der Waals surface area (Å²) in [7, 11) is 0. The van der Waals surface area contributed by atoms with Crippen molar-refractivity contribution in [3.05, 3.63) is 98.3 Å². The van der Waals surface area contributed by atoms with Gasteiger partial charge in [-0.2, -0.15) is 0 Å². The van der Waals surface area contributed by atoms with Gasteiger partial charge in [-0.3, -0.25) is 9.69 Å². The summed E-state index contributed by atoms with van der Waals surface area (Å²) in [4.78, 5) is 15.1. The zero-order valence-corrected chi connectivity index (χ0v) is 19.5. The monoisotopic (exact) mass is 515 g/mol. The smallest absolute Gasteiger partial charge is 0.270 e. The first kappa shape index (κ1) is 21.1. The Bertz CT molecular complexity index is 1150. The molecule has 0 N–H and O–H groups in total. The fourth-order valence-corrected chi connectivity index (χ4v) is 4.80. The molecule has 1 aliphatic heterocycles. The van der Waals surface area contributed by atoms with E-state index in [1.54, 1.807) is 18.2 Å². The molecule has 3 aromatic carbocycles. The van der Waals surface area contributed by atoms with Crippen LogP contribution in [0, 0.1) is 0 Å². The number of hydrogen-bond acceptors (Lipinski definition) is 4. The molecule has 0 spiro atoms. The molecular formula is C23H15BrClNO2S2. The SMILES string of the molecule is O=C1/C(=C\c2cc(Br)ccc2OCc2ccccc2)SC(=S)N1c1cccc(Cl)c1. The van der Waals surface area contributed by atoms with Crippen molar-refractivity contribution >= 4 is 73.5 Å². The van der Waals surface area contributed by atoms with Crippen LogP contribution in [0.4, 0.5) is 5.69 Å². The van der Waals surface area contributed by atoms with Crippen LogP contribution in [0.1, 0.15) is 11.1 Å². The van der Waals surface area contributed by atoms with Crippen molar-refractivity contribution in [2.24, 2.45) is 0 Å². The van der Waals surface area contributed by atoms with Gasteiger partial charge in [0, 0.05) is 15.1 Å². The van der Waals surface area contributed by atoms with Crippen molar-refractivity contribution in [1.29, 1.82) is 0 Å². The molecule has 7 heteroatoms. The Balaban J connectivity index is 1.62. The lowest BCUT2D eigenvalue weighted by Crippen LogP contribution is -2.27. The van der Waals surface area contributed by atoms with E-state index in [-0.39, 0.29) is 5.91 Å². The lowest BCUT2D eigenvalue weighted by atomic mass is 10.1. The van der Waals surface area contributed by atoms with Gasteiger partial charge in [-0.1, -0.05) is 87.9 Å². The van der Waals surface area contributed by atoms with Crippen molar-refractivity contribution in [3.63, 3.8) is 0 Å². The normalized spacial score (nSPS) is 15.1. The highest BCUT2D eigenvalue weighted by atomic mass is 79.9. The maximum atomic E-state index is 13.1. The molecule has 4 rings (SSSR count). The molecule has 1 aliphatic rings. The van der Waals surface area contributed by atoms with E-state index in [2.05, 4.69) is 15.9 Å². The molecule has 0 aliphatic carbocycles. The van der Waals surface area contributed by atoms with Crippen molar-refractivity contribution in [2.75, 3.05) is 4.90 Å². The second kappa shape index (κ2) is 9.35. The van der Waals surface area contributed by atoms with Gasteiger partial charge in [0.15, 0.2) is 4.32 Å². The topological polar surface area (TPSA) is 29.5 Å². The third-order valence-electron chi connectivity index (χ3n) is 4.36. The number of benzene rings is 3. The summed E-state index contributed by atoms with van der Waals surface area (Å²) in [6.45, 7) is 0.437. The summed E-state index contributed by atoms with van der Waals surface area (Å²) in [6, 6.07) is 22.7. The first-order chi connectivity index (χ1) is 14.5. The van der Waals surface area contributed by atoms with E-state index < -0.39 is 0 Å². The molecular weight excluding hydrogens is 502 g/mol. The molecule has 0 saturated carbocycles. The highest BCUT2D eigenvalue weighted by Gasteiger charge is 2.33. The molecule has 30 heavy (non-hydrogen) atoms. The Labute approximate surface area is 197 Å². The molecule has 1 fully saturated rings. The number of amides is 1. The van der Waals surface area contributed by atoms with Gasteiger partial charge in [0.1, 0.15) is 12.4 Å². The third kappa shape index (κ3) is 4.78. The van der Waals surface area contributed by atoms with Gasteiger partial charge in [0.05, 0.1) is 10.6 Å². The Kier molecular flexibility index (Phi) is 6.58. The Morgan fingerprint density at radius 3 is 2.63 bits per heavy atom. The van der Waals surface area contributed by atoms with E-state index in [9.17, 15) is 4.79 Å². The molecule has 3 aromatic rings. The molecule has 150 valence electrons. The van der Waals surface area contributed by atoms with Gasteiger partial charge in [0.25, 0.3) is 5.91 Å². The summed E-state index contributed by atoms with van der Waals surface area (Å²) in [5, 5.41) is 0.550. The van der Waals surface area contributed by atoms with Crippen LogP contribution in [0.3, 0.4) is 0 Å². The maximum Gasteiger partial charge on any atom is 0.270 e. The predicted molar refractivity (Wildman–Crippen MR) is 132 cm³/mol. The summed E-state index contributed by atoms with van der Waals surface area (Å²) in [6.07, 6.45) is 1.81. The van der Waals surface area contributed by atoms with Crippen LogP contribution in [-0.4, -0.2) is 10.2 Å². The molecule has 1 heterocycles. The number of nitrogens with zero attached hydrogens (tertiary/aromatic N) is 1. The molecule has 0 unspecified atom stereocenters. The number of ether oxygens (including phenoxy) is 1. The summed E-state index contributed by atoms with van der Waals surface area (Å²) < 4.78 is 7.39. The molecule has 0 atom stereocenters. The largest absolute Gasteiger partial charge is 0.488 e. The minimum absolute atomic E-state index is 0.179. The molecule has 0 bridgehead atoms. The van der Waals surface area contributed by atoms with Crippen LogP contribution in [-0.2, 0) is 11.4 Å². The van der Waals surface area contributed by atoms with E-state index in [0.29, 0.717) is 32.3 Å². The van der Waals surface area contributed by atoms with Crippen molar-refractivity contribution in [3.8, 4) is 5.75 Å². The highest BCUT2D eigenvalue weighted by Crippen LogP contribution is 2.38. The van der Waals surface area contributed by atoms with Crippen LogP contribution in [0.2, 0.25) is 5.02 Å². The van der Waals surface area contributed by atoms with E-state index in [0.717, 1.165) is 15.6 Å². The number of rotatable bonds is 5. The number of hydrogen-bond donors (Lipinski definition) is 0. The average molecular weight is 517 g/mol. The molecule has 0 radical (unpaired) electrons. The number of halogens is 2. The molecule has 1 amide bonds. The van der Waals surface area contributed by atoms with Crippen LogP contribution >= 0.6 is 51.5 Å². The number of anilines is 1. The van der Waals surface area contributed by atoms with Crippen LogP contribution in [0.5, 0.6) is 5.75 Å². The Morgan fingerprint density at radius 1 is 1.07 bits per heavy atom. The highest BCUT2D eigenvalue weighted by molar-refractivity contribution is 9.10. The molecule has 0 aromatic heterocycles. The van der Waals surface area contributed by atoms with E-state index in [4.69, 9.17) is 28.6 Å². The van der Waals surface area contributed by atoms with Crippen LogP contribution in [0.15, 0.2) is 82.2 Å².